The van der Waals surface area contributed by atoms with Crippen molar-refractivity contribution in [3.63, 3.8) is 0 Å². The third kappa shape index (κ3) is 3.33. The van der Waals surface area contributed by atoms with Crippen molar-refractivity contribution in [2.75, 3.05) is 13.1 Å². The van der Waals surface area contributed by atoms with Gasteiger partial charge in [0.15, 0.2) is 0 Å². The summed E-state index contributed by atoms with van der Waals surface area (Å²) in [6.45, 7) is 6.38. The molecule has 0 spiro atoms. The minimum absolute atomic E-state index is 0.242. The molecule has 3 atom stereocenters. The maximum absolute atomic E-state index is 6.14. The Kier molecular flexibility index (Phi) is 5.29. The number of benzene rings is 1. The van der Waals surface area contributed by atoms with Crippen LogP contribution >= 0.6 is 27.5 Å². The molecule has 1 aromatic carbocycles. The van der Waals surface area contributed by atoms with E-state index < -0.39 is 0 Å². The summed E-state index contributed by atoms with van der Waals surface area (Å²) in [6, 6.07) is 6.76. The SMILES string of the molecule is CC1CCCN(C(CN)c2cc(Cl)ccc2Br)C1C. The van der Waals surface area contributed by atoms with Gasteiger partial charge in [0, 0.05) is 28.1 Å². The maximum atomic E-state index is 6.14. The van der Waals surface area contributed by atoms with Gasteiger partial charge in [-0.2, -0.15) is 0 Å². The van der Waals surface area contributed by atoms with Crippen molar-refractivity contribution >= 4 is 27.5 Å². The molecule has 2 nitrogen and oxygen atoms in total. The highest BCUT2D eigenvalue weighted by Gasteiger charge is 2.31. The zero-order chi connectivity index (χ0) is 14.0. The first-order chi connectivity index (χ1) is 9.04. The predicted octanol–water partition coefficient (Wildman–Crippen LogP) is 4.22. The van der Waals surface area contributed by atoms with Crippen LogP contribution in [0.1, 0.15) is 38.3 Å². The van der Waals surface area contributed by atoms with Gasteiger partial charge in [-0.3, -0.25) is 4.90 Å². The molecule has 1 fully saturated rings. The van der Waals surface area contributed by atoms with Gasteiger partial charge in [0.05, 0.1) is 0 Å². The summed E-state index contributed by atoms with van der Waals surface area (Å²) in [5.41, 5.74) is 7.26. The van der Waals surface area contributed by atoms with Crippen molar-refractivity contribution in [2.45, 2.75) is 38.8 Å². The van der Waals surface area contributed by atoms with Gasteiger partial charge >= 0.3 is 0 Å². The zero-order valence-corrected chi connectivity index (χ0v) is 13.9. The Balaban J connectivity index is 2.30. The molecular weight excluding hydrogens is 324 g/mol. The first-order valence-electron chi connectivity index (χ1n) is 6.95. The number of likely N-dealkylation sites (tertiary alicyclic amines) is 1. The van der Waals surface area contributed by atoms with Crippen LogP contribution in [0.25, 0.3) is 0 Å². The fourth-order valence-electron chi connectivity index (χ4n) is 3.02. The third-order valence-corrected chi connectivity index (χ3v) is 5.32. The Bertz CT molecular complexity index is 438. The van der Waals surface area contributed by atoms with E-state index in [2.05, 4.69) is 34.7 Å². The van der Waals surface area contributed by atoms with Crippen LogP contribution in [0.5, 0.6) is 0 Å². The van der Waals surface area contributed by atoms with Gasteiger partial charge < -0.3 is 5.73 Å². The average Bonchev–Trinajstić information content (AvgIpc) is 2.39. The molecule has 2 rings (SSSR count). The summed E-state index contributed by atoms with van der Waals surface area (Å²) in [7, 11) is 0. The quantitative estimate of drug-likeness (QED) is 0.888. The van der Waals surface area contributed by atoms with Crippen LogP contribution in [-0.4, -0.2) is 24.0 Å². The van der Waals surface area contributed by atoms with Crippen molar-refractivity contribution in [2.24, 2.45) is 11.7 Å². The number of nitrogens with zero attached hydrogens (tertiary/aromatic N) is 1. The first-order valence-corrected chi connectivity index (χ1v) is 8.12. The summed E-state index contributed by atoms with van der Waals surface area (Å²) in [6.07, 6.45) is 2.56. The van der Waals surface area contributed by atoms with E-state index in [1.54, 1.807) is 0 Å². The van der Waals surface area contributed by atoms with Crippen LogP contribution < -0.4 is 5.73 Å². The molecule has 4 heteroatoms. The summed E-state index contributed by atoms with van der Waals surface area (Å²) >= 11 is 9.77. The van der Waals surface area contributed by atoms with Crippen LogP contribution in [-0.2, 0) is 0 Å². The van der Waals surface area contributed by atoms with E-state index in [0.717, 1.165) is 22.0 Å². The largest absolute Gasteiger partial charge is 0.329 e. The van der Waals surface area contributed by atoms with Gasteiger partial charge in [0.2, 0.25) is 0 Å². The van der Waals surface area contributed by atoms with Crippen molar-refractivity contribution in [1.29, 1.82) is 0 Å². The minimum Gasteiger partial charge on any atom is -0.329 e. The van der Waals surface area contributed by atoms with Crippen LogP contribution in [0.3, 0.4) is 0 Å². The van der Waals surface area contributed by atoms with Gasteiger partial charge in [0.1, 0.15) is 0 Å². The van der Waals surface area contributed by atoms with Crippen LogP contribution in [0.2, 0.25) is 5.02 Å². The van der Waals surface area contributed by atoms with Crippen LogP contribution in [0.15, 0.2) is 22.7 Å². The highest BCUT2D eigenvalue weighted by Crippen LogP contribution is 2.35. The van der Waals surface area contributed by atoms with E-state index in [-0.39, 0.29) is 6.04 Å². The highest BCUT2D eigenvalue weighted by molar-refractivity contribution is 9.10. The lowest BCUT2D eigenvalue weighted by Gasteiger charge is -2.43. The van der Waals surface area contributed by atoms with Gasteiger partial charge in [-0.05, 0) is 56.0 Å². The van der Waals surface area contributed by atoms with E-state index in [1.165, 1.54) is 18.4 Å². The van der Waals surface area contributed by atoms with Crippen molar-refractivity contribution in [3.8, 4) is 0 Å². The second-order valence-corrected chi connectivity index (χ2v) is 6.81. The Morgan fingerprint density at radius 2 is 2.21 bits per heavy atom. The van der Waals surface area contributed by atoms with E-state index >= 15 is 0 Å². The molecule has 106 valence electrons. The van der Waals surface area contributed by atoms with Crippen molar-refractivity contribution in [1.82, 2.24) is 4.90 Å². The molecule has 0 amide bonds. The fourth-order valence-corrected chi connectivity index (χ4v) is 3.71. The number of rotatable bonds is 3. The molecule has 0 aromatic heterocycles. The third-order valence-electron chi connectivity index (χ3n) is 4.36. The molecule has 1 saturated heterocycles. The van der Waals surface area contributed by atoms with Gasteiger partial charge in [0.25, 0.3) is 0 Å². The Hall–Kier alpha value is -0.0900. The summed E-state index contributed by atoms with van der Waals surface area (Å²) in [5.74, 6) is 0.723. The highest BCUT2D eigenvalue weighted by atomic mass is 79.9. The lowest BCUT2D eigenvalue weighted by molar-refractivity contribution is 0.0707. The number of hydrogen-bond donors (Lipinski definition) is 1. The van der Waals surface area contributed by atoms with E-state index in [0.29, 0.717) is 12.6 Å². The Morgan fingerprint density at radius 1 is 1.47 bits per heavy atom. The molecule has 1 aliphatic heterocycles. The number of hydrogen-bond acceptors (Lipinski definition) is 2. The lowest BCUT2D eigenvalue weighted by atomic mass is 9.89. The summed E-state index contributed by atoms with van der Waals surface area (Å²) in [4.78, 5) is 2.53. The average molecular weight is 346 g/mol. The van der Waals surface area contributed by atoms with E-state index in [4.69, 9.17) is 17.3 Å². The Morgan fingerprint density at radius 3 is 2.89 bits per heavy atom. The maximum Gasteiger partial charge on any atom is 0.0485 e. The molecule has 19 heavy (non-hydrogen) atoms. The molecule has 1 heterocycles. The van der Waals surface area contributed by atoms with Crippen LogP contribution in [0.4, 0.5) is 0 Å². The molecule has 1 aromatic rings. The van der Waals surface area contributed by atoms with E-state index in [9.17, 15) is 0 Å². The molecule has 2 N–H and O–H groups in total. The molecule has 3 unspecified atom stereocenters. The monoisotopic (exact) mass is 344 g/mol. The number of piperidine rings is 1. The minimum atomic E-state index is 0.242. The van der Waals surface area contributed by atoms with E-state index in [1.807, 2.05) is 18.2 Å². The smallest absolute Gasteiger partial charge is 0.0485 e. The van der Waals surface area contributed by atoms with Gasteiger partial charge in [-0.25, -0.2) is 0 Å². The summed E-state index contributed by atoms with van der Waals surface area (Å²) < 4.78 is 1.10. The Labute approximate surface area is 129 Å². The molecule has 0 bridgehead atoms. The number of nitrogens with two attached hydrogens (primary N) is 1. The molecule has 0 aliphatic carbocycles. The fraction of sp³-hybridized carbons (Fsp3) is 0.600. The summed E-state index contributed by atoms with van der Waals surface area (Å²) in [5, 5.41) is 0.773. The normalized spacial score (nSPS) is 26.4. The first kappa shape index (κ1) is 15.3. The zero-order valence-electron chi connectivity index (χ0n) is 11.6. The van der Waals surface area contributed by atoms with Gasteiger partial charge in [-0.1, -0.05) is 34.5 Å². The molecular formula is C15H22BrClN2. The van der Waals surface area contributed by atoms with Crippen molar-refractivity contribution in [3.05, 3.63) is 33.3 Å². The molecule has 1 aliphatic rings. The molecule has 0 radical (unpaired) electrons. The number of halogens is 2. The lowest BCUT2D eigenvalue weighted by Crippen LogP contribution is -2.46. The van der Waals surface area contributed by atoms with Gasteiger partial charge in [-0.15, -0.1) is 0 Å². The topological polar surface area (TPSA) is 29.3 Å². The van der Waals surface area contributed by atoms with Crippen molar-refractivity contribution < 1.29 is 0 Å². The second-order valence-electron chi connectivity index (χ2n) is 5.52. The predicted molar refractivity (Wildman–Crippen MR) is 85.5 cm³/mol. The van der Waals surface area contributed by atoms with Crippen LogP contribution in [0, 0.1) is 5.92 Å². The second kappa shape index (κ2) is 6.57. The molecule has 0 saturated carbocycles. The standard InChI is InChI=1S/C15H22BrClN2/c1-10-4-3-7-19(11(10)2)15(9-18)13-8-12(17)5-6-14(13)16/h5-6,8,10-11,15H,3-4,7,9,18H2,1-2H3.